The van der Waals surface area contributed by atoms with Crippen molar-refractivity contribution in [1.29, 1.82) is 0 Å². The number of fused-ring (bicyclic) bond motifs is 1. The number of halogens is 2. The molecule has 4 rings (SSSR count). The monoisotopic (exact) mass is 519 g/mol. The second-order valence-electron chi connectivity index (χ2n) is 8.53. The number of β-amino-alcohol motifs (C(OH)–C–C–N with tert-alkyl or cyclic N) is 1. The number of nitrogens with zero attached hydrogens (tertiary/aromatic N) is 4. The Morgan fingerprint density at radius 1 is 1.09 bits per heavy atom. The van der Waals surface area contributed by atoms with Crippen LogP contribution in [0.3, 0.4) is 0 Å². The summed E-state index contributed by atoms with van der Waals surface area (Å²) < 4.78 is 1.30. The first kappa shape index (κ1) is 25.4. The molecule has 0 spiro atoms. The van der Waals surface area contributed by atoms with Crippen molar-refractivity contribution in [1.82, 2.24) is 19.8 Å². The van der Waals surface area contributed by atoms with Crippen LogP contribution in [0.25, 0.3) is 10.9 Å². The quantitative estimate of drug-likeness (QED) is 0.413. The van der Waals surface area contributed by atoms with Crippen LogP contribution < -0.4 is 15.8 Å². The van der Waals surface area contributed by atoms with E-state index >= 15 is 0 Å². The fourth-order valence-corrected chi connectivity index (χ4v) is 4.38. The molecule has 0 radical (unpaired) electrons. The first-order valence-electron chi connectivity index (χ1n) is 11.3. The normalized spacial score (nSPS) is 15.4. The van der Waals surface area contributed by atoms with E-state index in [4.69, 9.17) is 28.3 Å². The predicted molar refractivity (Wildman–Crippen MR) is 136 cm³/mol. The van der Waals surface area contributed by atoms with Crippen LogP contribution >= 0.6 is 23.2 Å². The summed E-state index contributed by atoms with van der Waals surface area (Å²) in [6.07, 6.45) is 0.641. The molecule has 0 bridgehead atoms. The van der Waals surface area contributed by atoms with Crippen LogP contribution in [0.1, 0.15) is 5.56 Å². The zero-order valence-electron chi connectivity index (χ0n) is 19.0. The number of hydrogen-bond acceptors (Lipinski definition) is 7. The largest absolute Gasteiger partial charge is 0.394 e. The Morgan fingerprint density at radius 3 is 2.57 bits per heavy atom. The van der Waals surface area contributed by atoms with Crippen LogP contribution in [0, 0.1) is 0 Å². The Bertz CT molecular complexity index is 1260. The Kier molecular flexibility index (Phi) is 8.25. The fourth-order valence-electron chi connectivity index (χ4n) is 4.06. The first-order chi connectivity index (χ1) is 16.8. The number of carbonyl (C=O) groups is 1. The van der Waals surface area contributed by atoms with Crippen LogP contribution in [0.4, 0.5) is 5.69 Å². The highest BCUT2D eigenvalue weighted by molar-refractivity contribution is 6.42. The number of aromatic nitrogens is 2. The van der Waals surface area contributed by atoms with Gasteiger partial charge in [-0.05, 0) is 35.9 Å². The lowest BCUT2D eigenvalue weighted by Crippen LogP contribution is -2.49. The van der Waals surface area contributed by atoms with Gasteiger partial charge in [0.05, 0.1) is 40.0 Å². The third kappa shape index (κ3) is 6.31. The molecule has 1 saturated heterocycles. The maximum Gasteiger partial charge on any atom is 0.261 e. The summed E-state index contributed by atoms with van der Waals surface area (Å²) in [5.41, 5.74) is 1.98. The van der Waals surface area contributed by atoms with Crippen molar-refractivity contribution in [2.45, 2.75) is 19.2 Å². The molecule has 11 heteroatoms. The SMILES string of the molecule is O=C(Cn1cnc2ccc(N3CCN(CC(O)CO)CC3)cc2c1=O)NCc1ccc(Cl)c(Cl)c1. The number of benzene rings is 2. The number of rotatable bonds is 8. The molecule has 1 aliphatic heterocycles. The lowest BCUT2D eigenvalue weighted by molar-refractivity contribution is -0.121. The van der Waals surface area contributed by atoms with Gasteiger partial charge in [0.2, 0.25) is 5.91 Å². The minimum Gasteiger partial charge on any atom is -0.394 e. The Morgan fingerprint density at radius 2 is 1.86 bits per heavy atom. The first-order valence-corrected chi connectivity index (χ1v) is 12.1. The van der Waals surface area contributed by atoms with Gasteiger partial charge in [0.25, 0.3) is 5.56 Å². The molecule has 2 heterocycles. The van der Waals surface area contributed by atoms with E-state index in [0.29, 0.717) is 27.5 Å². The Labute approximate surface area is 212 Å². The molecule has 0 saturated carbocycles. The van der Waals surface area contributed by atoms with Crippen molar-refractivity contribution in [3.63, 3.8) is 0 Å². The minimum atomic E-state index is -0.743. The standard InChI is InChI=1S/C24H27Cl2N5O4/c25-20-3-1-16(9-21(20)26)11-27-23(34)13-31-15-28-22-4-2-17(10-19(22)24(31)35)30-7-5-29(6-8-30)12-18(33)14-32/h1-4,9-10,15,18,32-33H,5-8,11-14H2,(H,27,34). The second kappa shape index (κ2) is 11.4. The average molecular weight is 520 g/mol. The lowest BCUT2D eigenvalue weighted by atomic mass is 10.2. The summed E-state index contributed by atoms with van der Waals surface area (Å²) in [6.45, 7) is 3.23. The van der Waals surface area contributed by atoms with E-state index in [1.54, 1.807) is 18.2 Å². The van der Waals surface area contributed by atoms with Crippen molar-refractivity contribution >= 4 is 45.7 Å². The van der Waals surface area contributed by atoms with E-state index in [2.05, 4.69) is 20.1 Å². The number of anilines is 1. The van der Waals surface area contributed by atoms with Crippen molar-refractivity contribution in [2.75, 3.05) is 44.2 Å². The molecule has 35 heavy (non-hydrogen) atoms. The topological polar surface area (TPSA) is 111 Å². The fraction of sp³-hybridized carbons (Fsp3) is 0.375. The molecule has 1 aromatic heterocycles. The van der Waals surface area contributed by atoms with Crippen LogP contribution in [-0.4, -0.2) is 76.0 Å². The van der Waals surface area contributed by atoms with Gasteiger partial charge in [-0.25, -0.2) is 4.98 Å². The third-order valence-corrected chi connectivity index (χ3v) is 6.75. The molecule has 1 aliphatic rings. The zero-order valence-corrected chi connectivity index (χ0v) is 20.5. The van der Waals surface area contributed by atoms with Crippen molar-refractivity contribution in [3.8, 4) is 0 Å². The number of amides is 1. The summed E-state index contributed by atoms with van der Waals surface area (Å²) >= 11 is 11.9. The van der Waals surface area contributed by atoms with Gasteiger partial charge >= 0.3 is 0 Å². The number of hydrogen-bond donors (Lipinski definition) is 3. The van der Waals surface area contributed by atoms with E-state index in [9.17, 15) is 14.7 Å². The predicted octanol–water partition coefficient (Wildman–Crippen LogP) is 1.49. The Balaban J connectivity index is 1.42. The van der Waals surface area contributed by atoms with Gasteiger partial charge in [-0.2, -0.15) is 0 Å². The van der Waals surface area contributed by atoms with Crippen molar-refractivity contribution in [3.05, 3.63) is 68.7 Å². The molecule has 1 unspecified atom stereocenters. The van der Waals surface area contributed by atoms with Crippen LogP contribution in [0.5, 0.6) is 0 Å². The van der Waals surface area contributed by atoms with E-state index in [-0.39, 0.29) is 31.2 Å². The van der Waals surface area contributed by atoms with Crippen LogP contribution in [-0.2, 0) is 17.9 Å². The van der Waals surface area contributed by atoms with Gasteiger partial charge in [-0.15, -0.1) is 0 Å². The summed E-state index contributed by atoms with van der Waals surface area (Å²) in [7, 11) is 0. The molecule has 3 aromatic rings. The number of aliphatic hydroxyl groups excluding tert-OH is 2. The average Bonchev–Trinajstić information content (AvgIpc) is 2.86. The van der Waals surface area contributed by atoms with Crippen LogP contribution in [0.2, 0.25) is 10.0 Å². The van der Waals surface area contributed by atoms with Gasteiger partial charge in [0.15, 0.2) is 0 Å². The number of carbonyl (C=O) groups excluding carboxylic acids is 1. The summed E-state index contributed by atoms with van der Waals surface area (Å²) in [5, 5.41) is 22.8. The summed E-state index contributed by atoms with van der Waals surface area (Å²) in [6, 6.07) is 10.7. The highest BCUT2D eigenvalue weighted by atomic mass is 35.5. The van der Waals surface area contributed by atoms with Gasteiger partial charge in [0.1, 0.15) is 6.54 Å². The third-order valence-electron chi connectivity index (χ3n) is 6.01. The van der Waals surface area contributed by atoms with E-state index in [1.165, 1.54) is 10.9 Å². The molecule has 9 nitrogen and oxygen atoms in total. The highest BCUT2D eigenvalue weighted by Gasteiger charge is 2.20. The molecular weight excluding hydrogens is 493 g/mol. The van der Waals surface area contributed by atoms with Gasteiger partial charge in [-0.1, -0.05) is 29.3 Å². The molecule has 2 aromatic carbocycles. The van der Waals surface area contributed by atoms with E-state index in [1.807, 2.05) is 18.2 Å². The van der Waals surface area contributed by atoms with E-state index < -0.39 is 6.10 Å². The van der Waals surface area contributed by atoms with Crippen molar-refractivity contribution in [2.24, 2.45) is 0 Å². The molecule has 1 amide bonds. The Hall–Kier alpha value is -2.69. The molecule has 1 atom stereocenters. The van der Waals surface area contributed by atoms with Gasteiger partial charge < -0.3 is 20.4 Å². The zero-order chi connectivity index (χ0) is 24.9. The lowest BCUT2D eigenvalue weighted by Gasteiger charge is -2.36. The molecular formula is C24H27Cl2N5O4. The minimum absolute atomic E-state index is 0.154. The number of aliphatic hydroxyl groups is 2. The van der Waals surface area contributed by atoms with Gasteiger partial charge in [0, 0.05) is 45.0 Å². The van der Waals surface area contributed by atoms with Crippen LogP contribution in [0.15, 0.2) is 47.5 Å². The number of piperazine rings is 1. The van der Waals surface area contributed by atoms with Gasteiger partial charge in [-0.3, -0.25) is 19.1 Å². The molecule has 1 fully saturated rings. The maximum atomic E-state index is 13.1. The molecule has 186 valence electrons. The molecule has 3 N–H and O–H groups in total. The summed E-state index contributed by atoms with van der Waals surface area (Å²) in [5.74, 6) is -0.323. The number of nitrogens with one attached hydrogen (secondary N) is 1. The van der Waals surface area contributed by atoms with Crippen molar-refractivity contribution < 1.29 is 15.0 Å². The van der Waals surface area contributed by atoms with E-state index in [0.717, 1.165) is 37.4 Å². The highest BCUT2D eigenvalue weighted by Crippen LogP contribution is 2.23. The summed E-state index contributed by atoms with van der Waals surface area (Å²) in [4.78, 5) is 34.2. The molecule has 0 aliphatic carbocycles. The second-order valence-corrected chi connectivity index (χ2v) is 9.34. The maximum absolute atomic E-state index is 13.1. The smallest absolute Gasteiger partial charge is 0.261 e.